The van der Waals surface area contributed by atoms with Crippen LogP contribution in [-0.2, 0) is 11.2 Å². The van der Waals surface area contributed by atoms with Crippen LogP contribution < -0.4 is 10.5 Å². The van der Waals surface area contributed by atoms with Crippen molar-refractivity contribution in [3.05, 3.63) is 29.3 Å². The van der Waals surface area contributed by atoms with Crippen LogP contribution >= 0.6 is 0 Å². The Morgan fingerprint density at radius 3 is 3.06 bits per heavy atom. The number of rotatable bonds is 4. The Bertz CT molecular complexity index is 365. The van der Waals surface area contributed by atoms with Crippen molar-refractivity contribution in [3.8, 4) is 5.75 Å². The highest BCUT2D eigenvalue weighted by Crippen LogP contribution is 2.34. The molecule has 3 nitrogen and oxygen atoms in total. The van der Waals surface area contributed by atoms with E-state index >= 15 is 0 Å². The molecule has 2 N–H and O–H groups in total. The zero-order valence-corrected chi connectivity index (χ0v) is 9.90. The lowest BCUT2D eigenvalue weighted by molar-refractivity contribution is 0.104. The van der Waals surface area contributed by atoms with Gasteiger partial charge < -0.3 is 15.2 Å². The van der Waals surface area contributed by atoms with Gasteiger partial charge in [-0.15, -0.1) is 0 Å². The van der Waals surface area contributed by atoms with Crippen molar-refractivity contribution in [2.24, 2.45) is 5.73 Å². The molecule has 2 unspecified atom stereocenters. The number of ether oxygens (including phenoxy) is 2. The van der Waals surface area contributed by atoms with Crippen molar-refractivity contribution in [1.29, 1.82) is 0 Å². The van der Waals surface area contributed by atoms with E-state index in [-0.39, 0.29) is 12.1 Å². The Hall–Kier alpha value is -1.06. The maximum absolute atomic E-state index is 6.18. The predicted octanol–water partition coefficient (Wildman–Crippen LogP) is 2.05. The highest BCUT2D eigenvalue weighted by Gasteiger charge is 2.20. The lowest BCUT2D eigenvalue weighted by Gasteiger charge is -2.18. The Morgan fingerprint density at radius 2 is 2.31 bits per heavy atom. The van der Waals surface area contributed by atoms with Crippen LogP contribution in [-0.4, -0.2) is 19.8 Å². The molecule has 1 aromatic rings. The fraction of sp³-hybridized carbons (Fsp3) is 0.538. The second kappa shape index (κ2) is 4.85. The predicted molar refractivity (Wildman–Crippen MR) is 63.7 cm³/mol. The quantitative estimate of drug-likeness (QED) is 0.846. The van der Waals surface area contributed by atoms with Crippen LogP contribution in [0.1, 0.15) is 30.5 Å². The summed E-state index contributed by atoms with van der Waals surface area (Å²) in [6.07, 6.45) is 1.98. The number of para-hydroxylation sites is 1. The summed E-state index contributed by atoms with van der Waals surface area (Å²) >= 11 is 0. The standard InChI is InChI=1S/C13H19NO2/c1-9(15-2)8-12(14)11-5-3-4-10-6-7-16-13(10)11/h3-5,9,12H,6-8,14H2,1-2H3. The third-order valence-electron chi connectivity index (χ3n) is 3.13. The maximum atomic E-state index is 6.18. The summed E-state index contributed by atoms with van der Waals surface area (Å²) in [6, 6.07) is 6.21. The second-order valence-corrected chi connectivity index (χ2v) is 4.32. The van der Waals surface area contributed by atoms with Crippen LogP contribution in [0.2, 0.25) is 0 Å². The maximum Gasteiger partial charge on any atom is 0.127 e. The lowest BCUT2D eigenvalue weighted by atomic mass is 9.98. The third-order valence-corrected chi connectivity index (χ3v) is 3.13. The molecule has 16 heavy (non-hydrogen) atoms. The number of nitrogens with two attached hydrogens (primary N) is 1. The van der Waals surface area contributed by atoms with E-state index in [2.05, 4.69) is 18.2 Å². The van der Waals surface area contributed by atoms with Gasteiger partial charge in [-0.25, -0.2) is 0 Å². The first-order chi connectivity index (χ1) is 7.72. The molecule has 3 heteroatoms. The van der Waals surface area contributed by atoms with Crippen LogP contribution in [0.5, 0.6) is 5.75 Å². The summed E-state index contributed by atoms with van der Waals surface area (Å²) in [5.74, 6) is 0.998. The van der Waals surface area contributed by atoms with E-state index in [1.807, 2.05) is 6.92 Å². The Balaban J connectivity index is 2.17. The van der Waals surface area contributed by atoms with Gasteiger partial charge in [0.05, 0.1) is 12.7 Å². The van der Waals surface area contributed by atoms with Gasteiger partial charge in [0.1, 0.15) is 5.75 Å². The van der Waals surface area contributed by atoms with Crippen molar-refractivity contribution >= 4 is 0 Å². The summed E-state index contributed by atoms with van der Waals surface area (Å²) in [5.41, 5.74) is 8.57. The second-order valence-electron chi connectivity index (χ2n) is 4.32. The molecule has 0 radical (unpaired) electrons. The van der Waals surface area contributed by atoms with Gasteiger partial charge >= 0.3 is 0 Å². The highest BCUT2D eigenvalue weighted by atomic mass is 16.5. The van der Waals surface area contributed by atoms with Gasteiger partial charge in [0.2, 0.25) is 0 Å². The average Bonchev–Trinajstić information content (AvgIpc) is 2.76. The van der Waals surface area contributed by atoms with E-state index in [0.29, 0.717) is 0 Å². The molecule has 2 rings (SSSR count). The molecular weight excluding hydrogens is 202 g/mol. The third kappa shape index (κ3) is 2.20. The van der Waals surface area contributed by atoms with Crippen LogP contribution in [0.4, 0.5) is 0 Å². The van der Waals surface area contributed by atoms with Gasteiger partial charge in [-0.05, 0) is 18.9 Å². The van der Waals surface area contributed by atoms with Crippen LogP contribution in [0.25, 0.3) is 0 Å². The molecule has 0 saturated heterocycles. The Morgan fingerprint density at radius 1 is 1.50 bits per heavy atom. The smallest absolute Gasteiger partial charge is 0.127 e. The number of hydrogen-bond donors (Lipinski definition) is 1. The van der Waals surface area contributed by atoms with Crippen molar-refractivity contribution in [2.75, 3.05) is 13.7 Å². The number of hydrogen-bond acceptors (Lipinski definition) is 3. The van der Waals surface area contributed by atoms with Crippen molar-refractivity contribution in [3.63, 3.8) is 0 Å². The van der Waals surface area contributed by atoms with Crippen LogP contribution in [0.3, 0.4) is 0 Å². The first-order valence-corrected chi connectivity index (χ1v) is 5.75. The molecule has 0 fully saturated rings. The number of fused-ring (bicyclic) bond motifs is 1. The topological polar surface area (TPSA) is 44.5 Å². The minimum Gasteiger partial charge on any atom is -0.493 e. The van der Waals surface area contributed by atoms with Crippen molar-refractivity contribution in [2.45, 2.75) is 31.9 Å². The van der Waals surface area contributed by atoms with Crippen molar-refractivity contribution < 1.29 is 9.47 Å². The molecule has 88 valence electrons. The molecule has 0 bridgehead atoms. The summed E-state index contributed by atoms with van der Waals surface area (Å²) in [6.45, 7) is 2.81. The fourth-order valence-electron chi connectivity index (χ4n) is 2.11. The molecule has 1 heterocycles. The zero-order valence-electron chi connectivity index (χ0n) is 9.90. The van der Waals surface area contributed by atoms with Gasteiger partial charge in [-0.3, -0.25) is 0 Å². The number of methoxy groups -OCH3 is 1. The summed E-state index contributed by atoms with van der Waals surface area (Å²) in [5, 5.41) is 0. The van der Waals surface area contributed by atoms with E-state index in [4.69, 9.17) is 15.2 Å². The normalized spacial score (nSPS) is 17.7. The first kappa shape index (κ1) is 11.4. The van der Waals surface area contributed by atoms with Gasteiger partial charge in [-0.1, -0.05) is 18.2 Å². The fourth-order valence-corrected chi connectivity index (χ4v) is 2.11. The van der Waals surface area contributed by atoms with E-state index in [9.17, 15) is 0 Å². The largest absolute Gasteiger partial charge is 0.493 e. The van der Waals surface area contributed by atoms with E-state index in [1.54, 1.807) is 7.11 Å². The molecule has 1 aliphatic heterocycles. The Kier molecular flexibility index (Phi) is 3.46. The monoisotopic (exact) mass is 221 g/mol. The van der Waals surface area contributed by atoms with Crippen LogP contribution in [0.15, 0.2) is 18.2 Å². The van der Waals surface area contributed by atoms with E-state index in [1.165, 1.54) is 5.56 Å². The molecule has 0 saturated carbocycles. The SMILES string of the molecule is COC(C)CC(N)c1cccc2c1OCC2. The molecular formula is C13H19NO2. The van der Waals surface area contributed by atoms with E-state index < -0.39 is 0 Å². The molecule has 1 aromatic carbocycles. The van der Waals surface area contributed by atoms with Gasteiger partial charge in [0, 0.05) is 25.1 Å². The summed E-state index contributed by atoms with van der Waals surface area (Å²) < 4.78 is 10.9. The van der Waals surface area contributed by atoms with Gasteiger partial charge in [0.25, 0.3) is 0 Å². The molecule has 0 amide bonds. The first-order valence-electron chi connectivity index (χ1n) is 5.75. The molecule has 0 aliphatic carbocycles. The van der Waals surface area contributed by atoms with E-state index in [0.717, 1.165) is 30.8 Å². The highest BCUT2D eigenvalue weighted by molar-refractivity contribution is 5.45. The minimum atomic E-state index is -0.0111. The molecule has 0 aromatic heterocycles. The van der Waals surface area contributed by atoms with Gasteiger partial charge in [-0.2, -0.15) is 0 Å². The summed E-state index contributed by atoms with van der Waals surface area (Å²) in [4.78, 5) is 0. The Labute approximate surface area is 96.5 Å². The molecule has 1 aliphatic rings. The summed E-state index contributed by atoms with van der Waals surface area (Å²) in [7, 11) is 1.71. The lowest BCUT2D eigenvalue weighted by Crippen LogP contribution is -2.18. The van der Waals surface area contributed by atoms with Crippen molar-refractivity contribution in [1.82, 2.24) is 0 Å². The van der Waals surface area contributed by atoms with Crippen LogP contribution in [0, 0.1) is 0 Å². The number of benzene rings is 1. The minimum absolute atomic E-state index is 0.0111. The average molecular weight is 221 g/mol. The molecule has 0 spiro atoms. The van der Waals surface area contributed by atoms with Gasteiger partial charge in [0.15, 0.2) is 0 Å². The molecule has 2 atom stereocenters. The zero-order chi connectivity index (χ0) is 11.5.